The lowest BCUT2D eigenvalue weighted by molar-refractivity contribution is 0.457. The summed E-state index contributed by atoms with van der Waals surface area (Å²) in [5.41, 5.74) is 8.92. The highest BCUT2D eigenvalue weighted by molar-refractivity contribution is 6.33. The molecule has 0 fully saturated rings. The predicted octanol–water partition coefficient (Wildman–Crippen LogP) is 5.57. The van der Waals surface area contributed by atoms with Crippen molar-refractivity contribution in [2.75, 3.05) is 5.73 Å². The number of rotatable bonds is 3. The fourth-order valence-electron chi connectivity index (χ4n) is 2.20. The van der Waals surface area contributed by atoms with E-state index in [1.807, 2.05) is 18.2 Å². The predicted molar refractivity (Wildman–Crippen MR) is 90.5 cm³/mol. The summed E-state index contributed by atoms with van der Waals surface area (Å²) < 4.78 is 6.04. The Morgan fingerprint density at radius 3 is 2.43 bits per heavy atom. The molecule has 3 heteroatoms. The summed E-state index contributed by atoms with van der Waals surface area (Å²) >= 11 is 6.05. The second-order valence-electron chi connectivity index (χ2n) is 6.19. The standard InChI is InChI=1S/C18H22ClNO/c1-5-12-9-10-15(13(11-12)18(2,3)4)21-16-8-6-7-14(19)17(16)20/h6-11H,5,20H2,1-4H3. The van der Waals surface area contributed by atoms with Crippen molar-refractivity contribution in [3.05, 3.63) is 52.5 Å². The summed E-state index contributed by atoms with van der Waals surface area (Å²) in [7, 11) is 0. The molecule has 0 spiro atoms. The van der Waals surface area contributed by atoms with Crippen LogP contribution in [-0.4, -0.2) is 0 Å². The monoisotopic (exact) mass is 303 g/mol. The quantitative estimate of drug-likeness (QED) is 0.752. The largest absolute Gasteiger partial charge is 0.455 e. The molecule has 0 amide bonds. The van der Waals surface area contributed by atoms with Crippen LogP contribution in [0.2, 0.25) is 5.02 Å². The summed E-state index contributed by atoms with van der Waals surface area (Å²) in [6.07, 6.45) is 1.00. The molecule has 2 rings (SSSR count). The molecule has 2 nitrogen and oxygen atoms in total. The summed E-state index contributed by atoms with van der Waals surface area (Å²) in [5, 5.41) is 0.509. The molecular weight excluding hydrogens is 282 g/mol. The van der Waals surface area contributed by atoms with Gasteiger partial charge in [0, 0.05) is 5.56 Å². The van der Waals surface area contributed by atoms with Crippen molar-refractivity contribution < 1.29 is 4.74 Å². The van der Waals surface area contributed by atoms with Gasteiger partial charge in [-0.05, 0) is 35.6 Å². The van der Waals surface area contributed by atoms with Crippen LogP contribution in [0.3, 0.4) is 0 Å². The molecule has 0 heterocycles. The van der Waals surface area contributed by atoms with Crippen LogP contribution in [0.4, 0.5) is 5.69 Å². The normalized spacial score (nSPS) is 11.5. The Morgan fingerprint density at radius 1 is 1.10 bits per heavy atom. The van der Waals surface area contributed by atoms with Gasteiger partial charge in [0.05, 0.1) is 10.7 Å². The van der Waals surface area contributed by atoms with Crippen LogP contribution in [-0.2, 0) is 11.8 Å². The summed E-state index contributed by atoms with van der Waals surface area (Å²) in [6, 6.07) is 11.7. The third kappa shape index (κ3) is 3.51. The van der Waals surface area contributed by atoms with E-state index in [1.54, 1.807) is 6.07 Å². The van der Waals surface area contributed by atoms with Crippen LogP contribution >= 0.6 is 11.6 Å². The fraction of sp³-hybridized carbons (Fsp3) is 0.333. The van der Waals surface area contributed by atoms with Gasteiger partial charge in [-0.3, -0.25) is 0 Å². The van der Waals surface area contributed by atoms with Crippen LogP contribution in [0, 0.1) is 0 Å². The number of hydrogen-bond donors (Lipinski definition) is 1. The summed E-state index contributed by atoms with van der Waals surface area (Å²) in [4.78, 5) is 0. The van der Waals surface area contributed by atoms with Gasteiger partial charge in [-0.2, -0.15) is 0 Å². The Balaban J connectivity index is 2.46. The number of halogens is 1. The van der Waals surface area contributed by atoms with Gasteiger partial charge in [-0.15, -0.1) is 0 Å². The van der Waals surface area contributed by atoms with E-state index in [4.69, 9.17) is 22.1 Å². The minimum Gasteiger partial charge on any atom is -0.455 e. The lowest BCUT2D eigenvalue weighted by Crippen LogP contribution is -2.13. The van der Waals surface area contributed by atoms with Gasteiger partial charge in [0.15, 0.2) is 5.75 Å². The molecule has 0 saturated heterocycles. The first-order valence-corrected chi connectivity index (χ1v) is 7.56. The van der Waals surface area contributed by atoms with E-state index in [9.17, 15) is 0 Å². The number of nitrogens with two attached hydrogens (primary N) is 1. The molecule has 0 aliphatic carbocycles. The van der Waals surface area contributed by atoms with Crippen molar-refractivity contribution in [3.63, 3.8) is 0 Å². The van der Waals surface area contributed by atoms with E-state index in [0.29, 0.717) is 16.5 Å². The van der Waals surface area contributed by atoms with E-state index >= 15 is 0 Å². The molecule has 112 valence electrons. The van der Waals surface area contributed by atoms with E-state index < -0.39 is 0 Å². The van der Waals surface area contributed by atoms with Gasteiger partial charge in [0.25, 0.3) is 0 Å². The molecule has 0 unspecified atom stereocenters. The van der Waals surface area contributed by atoms with Crippen molar-refractivity contribution in [3.8, 4) is 11.5 Å². The lowest BCUT2D eigenvalue weighted by Gasteiger charge is -2.24. The van der Waals surface area contributed by atoms with Crippen molar-refractivity contribution in [1.82, 2.24) is 0 Å². The Bertz CT molecular complexity index is 644. The maximum Gasteiger partial charge on any atom is 0.151 e. The average Bonchev–Trinajstić information content (AvgIpc) is 2.43. The van der Waals surface area contributed by atoms with E-state index in [0.717, 1.165) is 12.2 Å². The molecule has 0 radical (unpaired) electrons. The van der Waals surface area contributed by atoms with Crippen LogP contribution < -0.4 is 10.5 Å². The van der Waals surface area contributed by atoms with Crippen LogP contribution in [0.1, 0.15) is 38.8 Å². The average molecular weight is 304 g/mol. The molecule has 0 aliphatic rings. The van der Waals surface area contributed by atoms with E-state index in [2.05, 4.69) is 39.8 Å². The number of nitrogen functional groups attached to an aromatic ring is 1. The van der Waals surface area contributed by atoms with Gasteiger partial charge in [0.1, 0.15) is 5.75 Å². The zero-order valence-corrected chi connectivity index (χ0v) is 13.8. The van der Waals surface area contributed by atoms with Gasteiger partial charge < -0.3 is 10.5 Å². The number of anilines is 1. The van der Waals surface area contributed by atoms with Crippen molar-refractivity contribution >= 4 is 17.3 Å². The van der Waals surface area contributed by atoms with Gasteiger partial charge in [-0.25, -0.2) is 0 Å². The van der Waals surface area contributed by atoms with E-state index in [-0.39, 0.29) is 5.41 Å². The fourth-order valence-corrected chi connectivity index (χ4v) is 2.36. The first-order chi connectivity index (χ1) is 9.82. The molecule has 21 heavy (non-hydrogen) atoms. The Kier molecular flexibility index (Phi) is 4.48. The summed E-state index contributed by atoms with van der Waals surface area (Å²) in [6.45, 7) is 8.68. The molecule has 0 saturated carbocycles. The molecule has 2 aromatic rings. The van der Waals surface area contributed by atoms with E-state index in [1.165, 1.54) is 11.1 Å². The zero-order valence-electron chi connectivity index (χ0n) is 13.0. The number of ether oxygens (including phenoxy) is 1. The second-order valence-corrected chi connectivity index (χ2v) is 6.59. The molecule has 2 aromatic carbocycles. The highest BCUT2D eigenvalue weighted by Crippen LogP contribution is 2.38. The minimum absolute atomic E-state index is 0.00610. The first-order valence-electron chi connectivity index (χ1n) is 7.18. The topological polar surface area (TPSA) is 35.2 Å². The number of aryl methyl sites for hydroxylation is 1. The maximum absolute atomic E-state index is 6.05. The Morgan fingerprint density at radius 2 is 1.81 bits per heavy atom. The zero-order chi connectivity index (χ0) is 15.6. The number of benzene rings is 2. The molecule has 0 bridgehead atoms. The minimum atomic E-state index is -0.00610. The van der Waals surface area contributed by atoms with Crippen LogP contribution in [0.25, 0.3) is 0 Å². The highest BCUT2D eigenvalue weighted by Gasteiger charge is 2.20. The van der Waals surface area contributed by atoms with Crippen molar-refractivity contribution in [2.45, 2.75) is 39.5 Å². The van der Waals surface area contributed by atoms with Crippen LogP contribution in [0.15, 0.2) is 36.4 Å². The van der Waals surface area contributed by atoms with Gasteiger partial charge >= 0.3 is 0 Å². The van der Waals surface area contributed by atoms with Crippen molar-refractivity contribution in [1.29, 1.82) is 0 Å². The Hall–Kier alpha value is -1.67. The SMILES string of the molecule is CCc1ccc(Oc2cccc(Cl)c2N)c(C(C)(C)C)c1. The van der Waals surface area contributed by atoms with Crippen LogP contribution in [0.5, 0.6) is 11.5 Å². The second kappa shape index (κ2) is 5.98. The number of para-hydroxylation sites is 1. The van der Waals surface area contributed by atoms with Gasteiger partial charge in [-0.1, -0.05) is 57.5 Å². The smallest absolute Gasteiger partial charge is 0.151 e. The molecular formula is C18H22ClNO. The highest BCUT2D eigenvalue weighted by atomic mass is 35.5. The number of hydrogen-bond acceptors (Lipinski definition) is 2. The van der Waals surface area contributed by atoms with Gasteiger partial charge in [0.2, 0.25) is 0 Å². The molecule has 0 atom stereocenters. The molecule has 0 aromatic heterocycles. The third-order valence-electron chi connectivity index (χ3n) is 3.49. The van der Waals surface area contributed by atoms with Crippen molar-refractivity contribution in [2.24, 2.45) is 0 Å². The third-order valence-corrected chi connectivity index (χ3v) is 3.82. The maximum atomic E-state index is 6.05. The Labute approximate surface area is 131 Å². The lowest BCUT2D eigenvalue weighted by atomic mass is 9.85. The molecule has 2 N–H and O–H groups in total. The summed E-state index contributed by atoms with van der Waals surface area (Å²) in [5.74, 6) is 1.42. The molecule has 0 aliphatic heterocycles. The first kappa shape index (κ1) is 15.7.